The summed E-state index contributed by atoms with van der Waals surface area (Å²) in [5, 5.41) is 9.13. The van der Waals surface area contributed by atoms with Gasteiger partial charge < -0.3 is 9.84 Å². The topological polar surface area (TPSA) is 55.1 Å². The summed E-state index contributed by atoms with van der Waals surface area (Å²) in [5.74, 6) is 1.35. The number of hydrogen-bond donors (Lipinski definition) is 1. The van der Waals surface area contributed by atoms with E-state index >= 15 is 0 Å². The molecule has 112 valence electrons. The van der Waals surface area contributed by atoms with Crippen LogP contribution in [0.4, 0.5) is 0 Å². The molecule has 1 amide bonds. The van der Waals surface area contributed by atoms with E-state index in [0.29, 0.717) is 17.7 Å². The molecule has 2 atom stereocenters. The van der Waals surface area contributed by atoms with Gasteiger partial charge in [-0.15, -0.1) is 11.3 Å². The summed E-state index contributed by atoms with van der Waals surface area (Å²) in [6.45, 7) is 2.22. The fourth-order valence-electron chi connectivity index (χ4n) is 2.88. The van der Waals surface area contributed by atoms with Crippen LogP contribution >= 0.6 is 11.3 Å². The molecule has 5 heteroatoms. The number of nitrogens with zero attached hydrogens (tertiary/aromatic N) is 1. The Morgan fingerprint density at radius 2 is 2.33 bits per heavy atom. The molecular formula is C16H20N2O2S. The molecule has 1 saturated carbocycles. The zero-order valence-electron chi connectivity index (χ0n) is 12.2. The Morgan fingerprint density at radius 1 is 1.48 bits per heavy atom. The quantitative estimate of drug-likeness (QED) is 0.938. The van der Waals surface area contributed by atoms with Crippen LogP contribution in [0.1, 0.15) is 38.3 Å². The van der Waals surface area contributed by atoms with Crippen molar-refractivity contribution in [3.05, 3.63) is 29.3 Å². The lowest BCUT2D eigenvalue weighted by Gasteiger charge is -2.29. The number of carbonyl (C=O) groups excluding carboxylic acids is 1. The lowest BCUT2D eigenvalue weighted by molar-refractivity contribution is -0.121. The molecule has 0 radical (unpaired) electrons. The molecular weight excluding hydrogens is 284 g/mol. The van der Waals surface area contributed by atoms with Crippen LogP contribution in [-0.4, -0.2) is 17.1 Å². The number of hydrogen-bond acceptors (Lipinski definition) is 4. The number of rotatable bonds is 4. The lowest BCUT2D eigenvalue weighted by atomic mass is 9.86. The number of amides is 1. The van der Waals surface area contributed by atoms with Crippen molar-refractivity contribution in [2.45, 2.75) is 45.1 Å². The second kappa shape index (κ2) is 6.43. The van der Waals surface area contributed by atoms with Crippen LogP contribution in [-0.2, 0) is 11.2 Å². The number of thiophene rings is 1. The van der Waals surface area contributed by atoms with Crippen molar-refractivity contribution in [3.8, 4) is 10.6 Å². The second-order valence-electron chi connectivity index (χ2n) is 5.77. The maximum absolute atomic E-state index is 12.1. The van der Waals surface area contributed by atoms with Crippen LogP contribution in [0.25, 0.3) is 10.6 Å². The zero-order chi connectivity index (χ0) is 14.7. The molecule has 0 aromatic carbocycles. The average molecular weight is 304 g/mol. The van der Waals surface area contributed by atoms with E-state index < -0.39 is 0 Å². The van der Waals surface area contributed by atoms with E-state index in [1.807, 2.05) is 23.6 Å². The molecule has 21 heavy (non-hydrogen) atoms. The van der Waals surface area contributed by atoms with E-state index in [-0.39, 0.29) is 12.3 Å². The minimum absolute atomic E-state index is 0.0415. The first-order valence-corrected chi connectivity index (χ1v) is 8.39. The summed E-state index contributed by atoms with van der Waals surface area (Å²) >= 11 is 1.60. The van der Waals surface area contributed by atoms with Crippen molar-refractivity contribution in [3.63, 3.8) is 0 Å². The maximum Gasteiger partial charge on any atom is 0.226 e. The van der Waals surface area contributed by atoms with Crippen LogP contribution in [0.15, 0.2) is 28.1 Å². The highest BCUT2D eigenvalue weighted by atomic mass is 32.1. The number of carbonyl (C=O) groups is 1. The van der Waals surface area contributed by atoms with Gasteiger partial charge in [0, 0.05) is 12.1 Å². The van der Waals surface area contributed by atoms with Gasteiger partial charge in [-0.05, 0) is 30.2 Å². The molecule has 1 fully saturated rings. The molecule has 2 heterocycles. The first-order valence-electron chi connectivity index (χ1n) is 7.51. The summed E-state index contributed by atoms with van der Waals surface area (Å²) in [6, 6.07) is 6.13. The smallest absolute Gasteiger partial charge is 0.226 e. The summed E-state index contributed by atoms with van der Waals surface area (Å²) in [6.07, 6.45) is 5.07. The van der Waals surface area contributed by atoms with E-state index in [2.05, 4.69) is 17.4 Å². The normalized spacial score (nSPS) is 22.1. The van der Waals surface area contributed by atoms with Gasteiger partial charge in [-0.1, -0.05) is 31.0 Å². The van der Waals surface area contributed by atoms with Crippen LogP contribution in [0.2, 0.25) is 0 Å². The monoisotopic (exact) mass is 304 g/mol. The first-order chi connectivity index (χ1) is 10.2. The molecule has 0 saturated heterocycles. The largest absolute Gasteiger partial charge is 0.355 e. The van der Waals surface area contributed by atoms with E-state index in [4.69, 9.17) is 4.52 Å². The highest BCUT2D eigenvalue weighted by Gasteiger charge is 2.23. The van der Waals surface area contributed by atoms with Gasteiger partial charge in [-0.3, -0.25) is 4.79 Å². The zero-order valence-corrected chi connectivity index (χ0v) is 13.0. The van der Waals surface area contributed by atoms with Gasteiger partial charge in [0.1, 0.15) is 0 Å². The van der Waals surface area contributed by atoms with Gasteiger partial charge in [0.25, 0.3) is 0 Å². The van der Waals surface area contributed by atoms with E-state index in [1.165, 1.54) is 19.3 Å². The van der Waals surface area contributed by atoms with Gasteiger partial charge in [-0.25, -0.2) is 0 Å². The highest BCUT2D eigenvalue weighted by molar-refractivity contribution is 7.13. The van der Waals surface area contributed by atoms with E-state index in [1.54, 1.807) is 11.3 Å². The highest BCUT2D eigenvalue weighted by Crippen LogP contribution is 2.26. The molecule has 1 aliphatic rings. The van der Waals surface area contributed by atoms with E-state index in [9.17, 15) is 4.79 Å². The molecule has 0 bridgehead atoms. The van der Waals surface area contributed by atoms with Crippen molar-refractivity contribution in [2.75, 3.05) is 0 Å². The summed E-state index contributed by atoms with van der Waals surface area (Å²) < 4.78 is 5.30. The van der Waals surface area contributed by atoms with Crippen molar-refractivity contribution in [1.82, 2.24) is 10.5 Å². The third-order valence-corrected chi connectivity index (χ3v) is 5.01. The predicted octanol–water partition coefficient (Wildman–Crippen LogP) is 3.64. The van der Waals surface area contributed by atoms with Crippen molar-refractivity contribution >= 4 is 17.2 Å². The molecule has 2 aromatic heterocycles. The van der Waals surface area contributed by atoms with Gasteiger partial charge in [0.15, 0.2) is 5.76 Å². The molecule has 3 rings (SSSR count). The Labute approximate surface area is 128 Å². The molecule has 2 unspecified atom stereocenters. The Balaban J connectivity index is 1.57. The molecule has 1 N–H and O–H groups in total. The minimum atomic E-state index is 0.0415. The van der Waals surface area contributed by atoms with Crippen molar-refractivity contribution in [1.29, 1.82) is 0 Å². The Bertz CT molecular complexity index is 591. The molecule has 0 spiro atoms. The van der Waals surface area contributed by atoms with Crippen molar-refractivity contribution in [2.24, 2.45) is 5.92 Å². The second-order valence-corrected chi connectivity index (χ2v) is 6.72. The van der Waals surface area contributed by atoms with Crippen LogP contribution in [0.3, 0.4) is 0 Å². The van der Waals surface area contributed by atoms with Crippen LogP contribution < -0.4 is 5.32 Å². The van der Waals surface area contributed by atoms with Crippen LogP contribution in [0, 0.1) is 5.92 Å². The third-order valence-electron chi connectivity index (χ3n) is 4.12. The Morgan fingerprint density at radius 3 is 3.10 bits per heavy atom. The third kappa shape index (κ3) is 3.53. The summed E-state index contributed by atoms with van der Waals surface area (Å²) in [4.78, 5) is 13.2. The number of aromatic nitrogens is 1. The van der Waals surface area contributed by atoms with Crippen LogP contribution in [0.5, 0.6) is 0 Å². The SMILES string of the molecule is CC1CCCCC1NC(=O)Cc1cc(-c2cccs2)on1. The predicted molar refractivity (Wildman–Crippen MR) is 83.1 cm³/mol. The molecule has 4 nitrogen and oxygen atoms in total. The number of nitrogens with one attached hydrogen (secondary N) is 1. The summed E-state index contributed by atoms with van der Waals surface area (Å²) in [7, 11) is 0. The van der Waals surface area contributed by atoms with E-state index in [0.717, 1.165) is 17.1 Å². The Hall–Kier alpha value is -1.62. The fourth-order valence-corrected chi connectivity index (χ4v) is 3.56. The average Bonchev–Trinajstić information content (AvgIpc) is 3.12. The maximum atomic E-state index is 12.1. The molecule has 2 aromatic rings. The van der Waals surface area contributed by atoms with Crippen molar-refractivity contribution < 1.29 is 9.32 Å². The Kier molecular flexibility index (Phi) is 4.39. The summed E-state index contributed by atoms with van der Waals surface area (Å²) in [5.41, 5.74) is 0.694. The van der Waals surface area contributed by atoms with Gasteiger partial charge in [-0.2, -0.15) is 0 Å². The van der Waals surface area contributed by atoms with Gasteiger partial charge in [0.05, 0.1) is 17.0 Å². The lowest BCUT2D eigenvalue weighted by Crippen LogP contribution is -2.41. The molecule has 1 aliphatic carbocycles. The standard InChI is InChI=1S/C16H20N2O2S/c1-11-5-2-3-6-13(11)17-16(19)10-12-9-14(20-18-12)15-7-4-8-21-15/h4,7-9,11,13H,2-3,5-6,10H2,1H3,(H,17,19). The van der Waals surface area contributed by atoms with Gasteiger partial charge >= 0.3 is 0 Å². The van der Waals surface area contributed by atoms with Gasteiger partial charge in [0.2, 0.25) is 5.91 Å². The molecule has 0 aliphatic heterocycles. The minimum Gasteiger partial charge on any atom is -0.355 e. The first kappa shape index (κ1) is 14.3. The fraction of sp³-hybridized carbons (Fsp3) is 0.500.